The lowest BCUT2D eigenvalue weighted by molar-refractivity contribution is -0.150. The van der Waals surface area contributed by atoms with E-state index in [9.17, 15) is 14.7 Å². The summed E-state index contributed by atoms with van der Waals surface area (Å²) in [7, 11) is 0. The minimum atomic E-state index is -0.930. The molecule has 2 bridgehead atoms. The van der Waals surface area contributed by atoms with Crippen molar-refractivity contribution in [1.29, 1.82) is 0 Å². The van der Waals surface area contributed by atoms with Crippen LogP contribution in [-0.2, 0) is 14.3 Å². The second-order valence-electron chi connectivity index (χ2n) is 5.87. The van der Waals surface area contributed by atoms with Crippen molar-refractivity contribution in [3.63, 3.8) is 0 Å². The number of likely N-dealkylation sites (tertiary alicyclic amines) is 1. The average Bonchev–Trinajstić information content (AvgIpc) is 2.97. The summed E-state index contributed by atoms with van der Waals surface area (Å²) in [5.74, 6) is -1.75. The minimum absolute atomic E-state index is 0.0456. The van der Waals surface area contributed by atoms with Crippen LogP contribution >= 0.6 is 0 Å². The van der Waals surface area contributed by atoms with Crippen LogP contribution in [0.5, 0.6) is 0 Å². The van der Waals surface area contributed by atoms with Crippen molar-refractivity contribution in [2.45, 2.75) is 32.0 Å². The van der Waals surface area contributed by atoms with Gasteiger partial charge in [0.25, 0.3) is 0 Å². The molecular formula is C14H19NO4. The maximum absolute atomic E-state index is 12.6. The Bertz CT molecular complexity index is 433. The molecule has 0 aromatic carbocycles. The van der Waals surface area contributed by atoms with E-state index in [1.165, 1.54) is 0 Å². The van der Waals surface area contributed by atoms with Crippen molar-refractivity contribution in [1.82, 2.24) is 4.90 Å². The van der Waals surface area contributed by atoms with Gasteiger partial charge in [-0.25, -0.2) is 0 Å². The normalized spacial score (nSPS) is 40.7. The van der Waals surface area contributed by atoms with Crippen molar-refractivity contribution in [3.05, 3.63) is 12.2 Å². The monoisotopic (exact) mass is 265 g/mol. The minimum Gasteiger partial charge on any atom is -0.481 e. The summed E-state index contributed by atoms with van der Waals surface area (Å²) in [6.45, 7) is 3.61. The molecule has 2 saturated heterocycles. The third-order valence-electron chi connectivity index (χ3n) is 4.44. The van der Waals surface area contributed by atoms with Crippen LogP contribution in [0.25, 0.3) is 0 Å². The highest BCUT2D eigenvalue weighted by molar-refractivity contribution is 5.87. The number of piperidine rings is 1. The predicted octanol–water partition coefficient (Wildman–Crippen LogP) is 0.899. The van der Waals surface area contributed by atoms with Crippen molar-refractivity contribution < 1.29 is 19.4 Å². The summed E-state index contributed by atoms with van der Waals surface area (Å²) in [5.41, 5.74) is 0. The van der Waals surface area contributed by atoms with Gasteiger partial charge in [0.15, 0.2) is 0 Å². The number of carbonyl (C=O) groups is 2. The van der Waals surface area contributed by atoms with Gasteiger partial charge >= 0.3 is 5.97 Å². The van der Waals surface area contributed by atoms with Gasteiger partial charge in [-0.15, -0.1) is 0 Å². The van der Waals surface area contributed by atoms with E-state index in [0.29, 0.717) is 5.92 Å². The topological polar surface area (TPSA) is 66.8 Å². The van der Waals surface area contributed by atoms with Gasteiger partial charge in [-0.3, -0.25) is 9.59 Å². The van der Waals surface area contributed by atoms with Crippen molar-refractivity contribution in [3.8, 4) is 0 Å². The molecule has 0 aliphatic carbocycles. The van der Waals surface area contributed by atoms with Gasteiger partial charge in [0.2, 0.25) is 5.91 Å². The Morgan fingerprint density at radius 3 is 2.58 bits per heavy atom. The number of nitrogens with zero attached hydrogens (tertiary/aromatic N) is 1. The van der Waals surface area contributed by atoms with Crippen molar-refractivity contribution in [2.75, 3.05) is 13.1 Å². The Morgan fingerprint density at radius 1 is 1.26 bits per heavy atom. The van der Waals surface area contributed by atoms with E-state index in [0.717, 1.165) is 25.9 Å². The fourth-order valence-electron chi connectivity index (χ4n) is 3.50. The average molecular weight is 265 g/mol. The summed E-state index contributed by atoms with van der Waals surface area (Å²) in [4.78, 5) is 25.8. The van der Waals surface area contributed by atoms with Crippen LogP contribution in [0.4, 0.5) is 0 Å². The van der Waals surface area contributed by atoms with E-state index < -0.39 is 23.9 Å². The molecule has 3 heterocycles. The highest BCUT2D eigenvalue weighted by atomic mass is 16.5. The fraction of sp³-hybridized carbons (Fsp3) is 0.714. The summed E-state index contributed by atoms with van der Waals surface area (Å²) in [6.07, 6.45) is 4.96. The van der Waals surface area contributed by atoms with Gasteiger partial charge in [0, 0.05) is 13.1 Å². The first-order chi connectivity index (χ1) is 9.08. The molecular weight excluding hydrogens is 246 g/mol. The van der Waals surface area contributed by atoms with Gasteiger partial charge < -0.3 is 14.7 Å². The van der Waals surface area contributed by atoms with Gasteiger partial charge in [-0.1, -0.05) is 19.1 Å². The number of aliphatic carboxylic acids is 1. The van der Waals surface area contributed by atoms with Crippen LogP contribution in [0.1, 0.15) is 19.8 Å². The zero-order valence-electron chi connectivity index (χ0n) is 11.0. The molecule has 0 aromatic rings. The molecule has 3 aliphatic rings. The number of carboxylic acids is 1. The number of rotatable bonds is 2. The Hall–Kier alpha value is -1.36. The summed E-state index contributed by atoms with van der Waals surface area (Å²) in [6, 6.07) is 0. The number of hydrogen-bond acceptors (Lipinski definition) is 3. The summed E-state index contributed by atoms with van der Waals surface area (Å²) < 4.78 is 5.56. The number of ether oxygens (including phenoxy) is 1. The Morgan fingerprint density at radius 2 is 1.95 bits per heavy atom. The lowest BCUT2D eigenvalue weighted by Crippen LogP contribution is -2.48. The number of carboxylic acid groups (broad SMARTS) is 1. The second kappa shape index (κ2) is 4.63. The lowest BCUT2D eigenvalue weighted by Gasteiger charge is -2.34. The SMILES string of the molecule is C[C@@H]1CCCN(C(=O)[C@H]2[C@@H](C(=O)O)[C@@H]3C=C[C@@H]2O3)C1. The predicted molar refractivity (Wildman–Crippen MR) is 67.4 cm³/mol. The molecule has 104 valence electrons. The van der Waals surface area contributed by atoms with E-state index in [-0.39, 0.29) is 12.0 Å². The number of amides is 1. The smallest absolute Gasteiger partial charge is 0.310 e. The first kappa shape index (κ1) is 12.7. The van der Waals surface area contributed by atoms with Gasteiger partial charge in [0.1, 0.15) is 5.92 Å². The largest absolute Gasteiger partial charge is 0.481 e. The molecule has 0 saturated carbocycles. The molecule has 1 N–H and O–H groups in total. The van der Waals surface area contributed by atoms with Crippen LogP contribution in [-0.4, -0.2) is 47.2 Å². The van der Waals surface area contributed by atoms with Gasteiger partial charge in [-0.2, -0.15) is 0 Å². The highest BCUT2D eigenvalue weighted by Gasteiger charge is 2.54. The van der Waals surface area contributed by atoms with E-state index >= 15 is 0 Å². The second-order valence-corrected chi connectivity index (χ2v) is 5.87. The number of carbonyl (C=O) groups excluding carboxylic acids is 1. The van der Waals surface area contributed by atoms with Crippen LogP contribution in [0.3, 0.4) is 0 Å². The molecule has 5 nitrogen and oxygen atoms in total. The Kier molecular flexibility index (Phi) is 3.09. The molecule has 2 fully saturated rings. The van der Waals surface area contributed by atoms with E-state index in [1.54, 1.807) is 6.08 Å². The molecule has 0 spiro atoms. The molecule has 0 unspecified atom stereocenters. The summed E-state index contributed by atoms with van der Waals surface area (Å²) in [5, 5.41) is 9.32. The quantitative estimate of drug-likeness (QED) is 0.753. The van der Waals surface area contributed by atoms with E-state index in [1.807, 2.05) is 11.0 Å². The maximum Gasteiger partial charge on any atom is 0.310 e. The molecule has 5 atom stereocenters. The molecule has 19 heavy (non-hydrogen) atoms. The van der Waals surface area contributed by atoms with Crippen LogP contribution in [0.2, 0.25) is 0 Å². The Labute approximate surface area is 112 Å². The molecule has 3 rings (SSSR count). The zero-order chi connectivity index (χ0) is 13.6. The van der Waals surface area contributed by atoms with Crippen LogP contribution in [0.15, 0.2) is 12.2 Å². The molecule has 0 aromatic heterocycles. The van der Waals surface area contributed by atoms with E-state index in [4.69, 9.17) is 4.74 Å². The maximum atomic E-state index is 12.6. The molecule has 3 aliphatic heterocycles. The third-order valence-corrected chi connectivity index (χ3v) is 4.44. The number of fused-ring (bicyclic) bond motifs is 2. The third kappa shape index (κ3) is 2.06. The fourth-order valence-corrected chi connectivity index (χ4v) is 3.50. The van der Waals surface area contributed by atoms with Crippen molar-refractivity contribution in [2.24, 2.45) is 17.8 Å². The zero-order valence-corrected chi connectivity index (χ0v) is 11.0. The first-order valence-corrected chi connectivity index (χ1v) is 6.93. The molecule has 5 heteroatoms. The highest BCUT2D eigenvalue weighted by Crippen LogP contribution is 2.40. The Balaban J connectivity index is 1.78. The van der Waals surface area contributed by atoms with E-state index in [2.05, 4.69) is 6.92 Å². The molecule has 0 radical (unpaired) electrons. The first-order valence-electron chi connectivity index (χ1n) is 6.93. The molecule has 1 amide bonds. The summed E-state index contributed by atoms with van der Waals surface area (Å²) >= 11 is 0. The van der Waals surface area contributed by atoms with Gasteiger partial charge in [0.05, 0.1) is 18.1 Å². The lowest BCUT2D eigenvalue weighted by atomic mass is 9.81. The number of hydrogen-bond donors (Lipinski definition) is 1. The van der Waals surface area contributed by atoms with Crippen LogP contribution in [0, 0.1) is 17.8 Å². The van der Waals surface area contributed by atoms with Gasteiger partial charge in [-0.05, 0) is 18.8 Å². The van der Waals surface area contributed by atoms with Crippen LogP contribution < -0.4 is 0 Å². The standard InChI is InChI=1S/C14H19NO4/c1-8-3-2-6-15(7-8)13(16)11-9-4-5-10(19-9)12(11)14(17)18/h4-5,8-12H,2-3,6-7H2,1H3,(H,17,18)/t8-,9+,10+,11-,12+/m1/s1. The van der Waals surface area contributed by atoms with Crippen molar-refractivity contribution >= 4 is 11.9 Å².